The Morgan fingerprint density at radius 1 is 1.38 bits per heavy atom. The van der Waals surface area contributed by atoms with E-state index in [1.807, 2.05) is 0 Å². The van der Waals surface area contributed by atoms with Gasteiger partial charge in [0.15, 0.2) is 0 Å². The summed E-state index contributed by atoms with van der Waals surface area (Å²) in [6.45, 7) is 0. The summed E-state index contributed by atoms with van der Waals surface area (Å²) in [5, 5.41) is 9.97. The van der Waals surface area contributed by atoms with Gasteiger partial charge in [-0.05, 0) is 29.7 Å². The number of aromatic nitrogens is 1. The number of pyridine rings is 1. The van der Waals surface area contributed by atoms with Crippen molar-refractivity contribution in [2.24, 2.45) is 0 Å². The number of aliphatic carboxylic acids is 1. The van der Waals surface area contributed by atoms with Gasteiger partial charge in [0.1, 0.15) is 5.82 Å². The molecule has 0 bridgehead atoms. The van der Waals surface area contributed by atoms with E-state index in [0.29, 0.717) is 5.39 Å². The summed E-state index contributed by atoms with van der Waals surface area (Å²) in [5.41, 5.74) is 0.251. The largest absolute Gasteiger partial charge is 0.478 e. The molecule has 1 aromatic heterocycles. The molecule has 1 N–H and O–H groups in total. The summed E-state index contributed by atoms with van der Waals surface area (Å²) >= 11 is 0. The molecule has 2 rings (SSSR count). The summed E-state index contributed by atoms with van der Waals surface area (Å²) in [4.78, 5) is 14.2. The third-order valence-corrected chi connectivity index (χ3v) is 2.16. The van der Waals surface area contributed by atoms with Crippen molar-refractivity contribution in [3.05, 3.63) is 48.0 Å². The summed E-state index contributed by atoms with van der Waals surface area (Å²) in [5.74, 6) is -1.56. The number of hydrogen-bond acceptors (Lipinski definition) is 2. The zero-order valence-electron chi connectivity index (χ0n) is 8.22. The highest BCUT2D eigenvalue weighted by Gasteiger charge is 2.02. The molecule has 0 aliphatic rings. The number of fused-ring (bicyclic) bond motifs is 1. The van der Waals surface area contributed by atoms with E-state index in [0.717, 1.165) is 11.5 Å². The van der Waals surface area contributed by atoms with Crippen LogP contribution in [-0.4, -0.2) is 16.1 Å². The Balaban J connectivity index is 2.54. The zero-order chi connectivity index (χ0) is 11.5. The fourth-order valence-electron chi connectivity index (χ4n) is 1.41. The SMILES string of the molecule is O=C(O)/C=C/c1cc2ccncc2cc1F. The van der Waals surface area contributed by atoms with E-state index in [9.17, 15) is 9.18 Å². The Labute approximate surface area is 90.9 Å². The van der Waals surface area contributed by atoms with Gasteiger partial charge in [0.25, 0.3) is 0 Å². The van der Waals surface area contributed by atoms with Crippen molar-refractivity contribution in [2.75, 3.05) is 0 Å². The number of carboxylic acids is 1. The molecule has 1 heterocycles. The van der Waals surface area contributed by atoms with Gasteiger partial charge in [0.05, 0.1) is 0 Å². The third-order valence-electron chi connectivity index (χ3n) is 2.16. The van der Waals surface area contributed by atoms with Crippen molar-refractivity contribution >= 4 is 22.8 Å². The van der Waals surface area contributed by atoms with Crippen LogP contribution in [0.4, 0.5) is 4.39 Å². The molecule has 0 aliphatic carbocycles. The monoisotopic (exact) mass is 217 g/mol. The molecule has 0 radical (unpaired) electrons. The van der Waals surface area contributed by atoms with Crippen molar-refractivity contribution in [1.29, 1.82) is 0 Å². The van der Waals surface area contributed by atoms with Gasteiger partial charge in [0.2, 0.25) is 0 Å². The summed E-state index contributed by atoms with van der Waals surface area (Å²) in [6, 6.07) is 4.67. The number of carbonyl (C=O) groups is 1. The maximum Gasteiger partial charge on any atom is 0.328 e. The van der Waals surface area contributed by atoms with Crippen LogP contribution in [0.3, 0.4) is 0 Å². The van der Waals surface area contributed by atoms with Crippen LogP contribution in [0.15, 0.2) is 36.7 Å². The Hall–Kier alpha value is -2.23. The normalized spacial score (nSPS) is 11.1. The number of benzene rings is 1. The highest BCUT2D eigenvalue weighted by Crippen LogP contribution is 2.19. The minimum atomic E-state index is -1.10. The Morgan fingerprint density at radius 3 is 2.94 bits per heavy atom. The summed E-state index contributed by atoms with van der Waals surface area (Å²) in [7, 11) is 0. The van der Waals surface area contributed by atoms with Gasteiger partial charge < -0.3 is 5.11 Å². The molecule has 0 atom stereocenters. The van der Waals surface area contributed by atoms with E-state index in [1.54, 1.807) is 24.5 Å². The van der Waals surface area contributed by atoms with E-state index >= 15 is 0 Å². The van der Waals surface area contributed by atoms with Gasteiger partial charge in [-0.2, -0.15) is 0 Å². The first-order valence-corrected chi connectivity index (χ1v) is 4.61. The number of nitrogens with zero attached hydrogens (tertiary/aromatic N) is 1. The second-order valence-corrected chi connectivity index (χ2v) is 3.27. The Morgan fingerprint density at radius 2 is 2.19 bits per heavy atom. The Bertz CT molecular complexity index is 578. The maximum absolute atomic E-state index is 13.5. The molecular formula is C12H8FNO2. The van der Waals surface area contributed by atoms with Crippen LogP contribution in [0, 0.1) is 5.82 Å². The fraction of sp³-hybridized carbons (Fsp3) is 0. The van der Waals surface area contributed by atoms with Crippen molar-refractivity contribution in [3.63, 3.8) is 0 Å². The van der Waals surface area contributed by atoms with Crippen LogP contribution in [0.2, 0.25) is 0 Å². The van der Waals surface area contributed by atoms with Crippen LogP contribution >= 0.6 is 0 Å². The molecule has 0 fully saturated rings. The van der Waals surface area contributed by atoms with Crippen LogP contribution in [-0.2, 0) is 4.79 Å². The molecule has 2 aromatic rings. The molecule has 0 unspecified atom stereocenters. The zero-order valence-corrected chi connectivity index (χ0v) is 8.22. The molecule has 0 saturated heterocycles. The van der Waals surface area contributed by atoms with Gasteiger partial charge in [-0.15, -0.1) is 0 Å². The van der Waals surface area contributed by atoms with Crippen LogP contribution in [0.25, 0.3) is 16.8 Å². The second kappa shape index (κ2) is 4.10. The van der Waals surface area contributed by atoms with E-state index in [2.05, 4.69) is 4.98 Å². The van der Waals surface area contributed by atoms with Gasteiger partial charge in [-0.3, -0.25) is 4.98 Å². The molecular weight excluding hydrogens is 209 g/mol. The minimum Gasteiger partial charge on any atom is -0.478 e. The number of rotatable bonds is 2. The van der Waals surface area contributed by atoms with E-state index in [-0.39, 0.29) is 5.56 Å². The summed E-state index contributed by atoms with van der Waals surface area (Å²) in [6.07, 6.45) is 5.30. The molecule has 3 nitrogen and oxygen atoms in total. The first-order valence-electron chi connectivity index (χ1n) is 4.61. The van der Waals surface area contributed by atoms with E-state index in [1.165, 1.54) is 12.1 Å². The standard InChI is InChI=1S/C12H8FNO2/c13-11-6-10-7-14-4-3-8(10)5-9(11)1-2-12(15)16/h1-7H,(H,15,16)/b2-1+. The molecule has 0 spiro atoms. The molecule has 4 heteroatoms. The van der Waals surface area contributed by atoms with Gasteiger partial charge >= 0.3 is 5.97 Å². The van der Waals surface area contributed by atoms with E-state index < -0.39 is 11.8 Å². The van der Waals surface area contributed by atoms with E-state index in [4.69, 9.17) is 5.11 Å². The van der Waals surface area contributed by atoms with Crippen LogP contribution in [0.1, 0.15) is 5.56 Å². The second-order valence-electron chi connectivity index (χ2n) is 3.27. The molecule has 0 aliphatic heterocycles. The molecule has 16 heavy (non-hydrogen) atoms. The number of hydrogen-bond donors (Lipinski definition) is 1. The van der Waals surface area contributed by atoms with Gasteiger partial charge in [-0.25, -0.2) is 9.18 Å². The first-order chi connectivity index (χ1) is 7.66. The summed E-state index contributed by atoms with van der Waals surface area (Å²) < 4.78 is 13.5. The average Bonchev–Trinajstić information content (AvgIpc) is 2.26. The predicted octanol–water partition coefficient (Wildman–Crippen LogP) is 2.47. The maximum atomic E-state index is 13.5. The van der Waals surface area contributed by atoms with Gasteiger partial charge in [-0.1, -0.05) is 0 Å². The average molecular weight is 217 g/mol. The highest BCUT2D eigenvalue weighted by atomic mass is 19.1. The Kier molecular flexibility index (Phi) is 2.64. The molecule has 0 amide bonds. The first kappa shape index (κ1) is 10.3. The lowest BCUT2D eigenvalue weighted by atomic mass is 10.1. The highest BCUT2D eigenvalue weighted by molar-refractivity contribution is 5.88. The topological polar surface area (TPSA) is 50.2 Å². The lowest BCUT2D eigenvalue weighted by Gasteiger charge is -2.00. The molecule has 80 valence electrons. The smallest absolute Gasteiger partial charge is 0.328 e. The molecule has 1 aromatic carbocycles. The van der Waals surface area contributed by atoms with Crippen molar-refractivity contribution < 1.29 is 14.3 Å². The lowest BCUT2D eigenvalue weighted by Crippen LogP contribution is -1.88. The van der Waals surface area contributed by atoms with Crippen LogP contribution in [0.5, 0.6) is 0 Å². The fourth-order valence-corrected chi connectivity index (χ4v) is 1.41. The van der Waals surface area contributed by atoms with Crippen molar-refractivity contribution in [2.45, 2.75) is 0 Å². The lowest BCUT2D eigenvalue weighted by molar-refractivity contribution is -0.131. The third kappa shape index (κ3) is 2.06. The minimum absolute atomic E-state index is 0.251. The van der Waals surface area contributed by atoms with Gasteiger partial charge in [0, 0.05) is 29.4 Å². The van der Waals surface area contributed by atoms with Crippen LogP contribution < -0.4 is 0 Å². The number of halogens is 1. The number of carboxylic acid groups (broad SMARTS) is 1. The van der Waals surface area contributed by atoms with Crippen molar-refractivity contribution in [3.8, 4) is 0 Å². The molecule has 0 saturated carbocycles. The predicted molar refractivity (Wildman–Crippen MR) is 58.4 cm³/mol. The van der Waals surface area contributed by atoms with Crippen molar-refractivity contribution in [1.82, 2.24) is 4.98 Å². The quantitative estimate of drug-likeness (QED) is 0.786.